The lowest BCUT2D eigenvalue weighted by Crippen LogP contribution is -2.08. The van der Waals surface area contributed by atoms with Gasteiger partial charge in [-0.25, -0.2) is 9.37 Å². The minimum atomic E-state index is -0.266. The van der Waals surface area contributed by atoms with E-state index in [1.807, 2.05) is 24.4 Å². The molecule has 1 aromatic carbocycles. The number of rotatable bonds is 8. The Bertz CT molecular complexity index is 1400. The van der Waals surface area contributed by atoms with Gasteiger partial charge in [-0.1, -0.05) is 12.1 Å². The van der Waals surface area contributed by atoms with Gasteiger partial charge in [-0.05, 0) is 73.4 Å². The van der Waals surface area contributed by atoms with E-state index in [9.17, 15) is 9.18 Å². The first-order valence-corrected chi connectivity index (χ1v) is 11.7. The Hall–Kier alpha value is -3.64. The second-order valence-corrected chi connectivity index (χ2v) is 9.08. The standard InChI is InChI=1S/C27H22FN3OS/c28-19-8-5-18(6-9-19)7-13-25(32)22-4-2-15-29-24(22)12-10-20-11-14-26(33-20)23-17-31-27-21(23)3-1-16-30-27/h1-6,8-9,11,14-17H,7,10,12-13H2,(H,30,31). The van der Waals surface area contributed by atoms with Gasteiger partial charge in [0.1, 0.15) is 11.5 Å². The van der Waals surface area contributed by atoms with Crippen molar-refractivity contribution in [2.45, 2.75) is 25.7 Å². The minimum Gasteiger partial charge on any atom is -0.345 e. The zero-order chi connectivity index (χ0) is 22.6. The van der Waals surface area contributed by atoms with Crippen LogP contribution in [0.2, 0.25) is 0 Å². The number of pyridine rings is 2. The predicted octanol–water partition coefficient (Wildman–Crippen LogP) is 6.43. The van der Waals surface area contributed by atoms with Crippen LogP contribution >= 0.6 is 11.3 Å². The molecule has 33 heavy (non-hydrogen) atoms. The largest absolute Gasteiger partial charge is 0.345 e. The first-order chi connectivity index (χ1) is 16.2. The Labute approximate surface area is 195 Å². The van der Waals surface area contributed by atoms with Crippen molar-refractivity contribution >= 4 is 28.2 Å². The van der Waals surface area contributed by atoms with E-state index in [-0.39, 0.29) is 11.6 Å². The summed E-state index contributed by atoms with van der Waals surface area (Å²) in [5, 5.41) is 1.12. The summed E-state index contributed by atoms with van der Waals surface area (Å²) in [5.41, 5.74) is 4.50. The molecule has 4 nitrogen and oxygen atoms in total. The number of Topliss-reactive ketones (excluding diaryl/α,β-unsaturated/α-hetero) is 1. The molecular formula is C27H22FN3OS. The summed E-state index contributed by atoms with van der Waals surface area (Å²) < 4.78 is 13.1. The number of carbonyl (C=O) groups excluding carboxylic acids is 1. The van der Waals surface area contributed by atoms with Gasteiger partial charge < -0.3 is 4.98 Å². The Morgan fingerprint density at radius 1 is 0.909 bits per heavy atom. The van der Waals surface area contributed by atoms with E-state index >= 15 is 0 Å². The average molecular weight is 456 g/mol. The minimum absolute atomic E-state index is 0.0700. The molecule has 1 N–H and O–H groups in total. The van der Waals surface area contributed by atoms with Crippen LogP contribution in [0.15, 0.2) is 79.3 Å². The highest BCUT2D eigenvalue weighted by Gasteiger charge is 2.14. The Morgan fingerprint density at radius 2 is 1.73 bits per heavy atom. The highest BCUT2D eigenvalue weighted by Crippen LogP contribution is 2.33. The Balaban J connectivity index is 1.26. The van der Waals surface area contributed by atoms with Crippen LogP contribution in [0.3, 0.4) is 0 Å². The number of halogens is 1. The number of carbonyl (C=O) groups is 1. The van der Waals surface area contributed by atoms with Gasteiger partial charge in [0.2, 0.25) is 0 Å². The number of benzene rings is 1. The molecule has 0 bridgehead atoms. The third kappa shape index (κ3) is 4.76. The summed E-state index contributed by atoms with van der Waals surface area (Å²) in [6, 6.07) is 18.3. The molecule has 4 heterocycles. The lowest BCUT2D eigenvalue weighted by atomic mass is 9.99. The zero-order valence-electron chi connectivity index (χ0n) is 17.9. The van der Waals surface area contributed by atoms with Crippen LogP contribution in [0.4, 0.5) is 4.39 Å². The van der Waals surface area contributed by atoms with Gasteiger partial charge in [-0.3, -0.25) is 9.78 Å². The smallest absolute Gasteiger partial charge is 0.165 e. The normalized spacial score (nSPS) is 11.2. The molecule has 0 aliphatic carbocycles. The van der Waals surface area contributed by atoms with Gasteiger partial charge >= 0.3 is 0 Å². The number of nitrogens with zero attached hydrogens (tertiary/aromatic N) is 2. The number of aryl methyl sites for hydroxylation is 3. The Kier molecular flexibility index (Phi) is 6.09. The van der Waals surface area contributed by atoms with Gasteiger partial charge in [0.15, 0.2) is 5.78 Å². The van der Waals surface area contributed by atoms with Crippen LogP contribution < -0.4 is 0 Å². The van der Waals surface area contributed by atoms with Crippen molar-refractivity contribution in [3.8, 4) is 10.4 Å². The average Bonchev–Trinajstić information content (AvgIpc) is 3.49. The number of aromatic amines is 1. The molecule has 0 unspecified atom stereocenters. The Morgan fingerprint density at radius 3 is 2.61 bits per heavy atom. The van der Waals surface area contributed by atoms with Crippen molar-refractivity contribution in [3.63, 3.8) is 0 Å². The second-order valence-electron chi connectivity index (χ2n) is 7.92. The fourth-order valence-corrected chi connectivity index (χ4v) is 5.03. The fraction of sp³-hybridized carbons (Fsp3) is 0.148. The summed E-state index contributed by atoms with van der Waals surface area (Å²) in [7, 11) is 0. The first-order valence-electron chi connectivity index (χ1n) is 10.9. The summed E-state index contributed by atoms with van der Waals surface area (Å²) in [4.78, 5) is 27.4. The topological polar surface area (TPSA) is 58.6 Å². The third-order valence-corrected chi connectivity index (χ3v) is 6.91. The molecule has 0 saturated heterocycles. The molecule has 0 spiro atoms. The third-order valence-electron chi connectivity index (χ3n) is 5.73. The number of hydrogen-bond acceptors (Lipinski definition) is 4. The lowest BCUT2D eigenvalue weighted by Gasteiger charge is -2.07. The maximum absolute atomic E-state index is 13.1. The van der Waals surface area contributed by atoms with Crippen LogP contribution in [0.25, 0.3) is 21.5 Å². The van der Waals surface area contributed by atoms with Crippen molar-refractivity contribution in [1.29, 1.82) is 0 Å². The van der Waals surface area contributed by atoms with Gasteiger partial charge in [-0.2, -0.15) is 0 Å². The van der Waals surface area contributed by atoms with Crippen LogP contribution in [0.5, 0.6) is 0 Å². The van der Waals surface area contributed by atoms with Gasteiger partial charge in [0.05, 0.1) is 5.69 Å². The molecule has 0 fully saturated rings. The van der Waals surface area contributed by atoms with E-state index in [0.29, 0.717) is 24.8 Å². The second kappa shape index (κ2) is 9.46. The molecule has 164 valence electrons. The van der Waals surface area contributed by atoms with Crippen LogP contribution in [-0.4, -0.2) is 20.7 Å². The maximum atomic E-state index is 13.1. The SMILES string of the molecule is O=C(CCc1ccc(F)cc1)c1cccnc1CCc1ccc(-c2c[nH]c3ncccc23)s1. The number of aromatic nitrogens is 3. The molecule has 0 aliphatic heterocycles. The van der Waals surface area contributed by atoms with E-state index in [2.05, 4.69) is 33.2 Å². The molecule has 6 heteroatoms. The monoisotopic (exact) mass is 455 g/mol. The van der Waals surface area contributed by atoms with E-state index in [0.717, 1.165) is 34.3 Å². The van der Waals surface area contributed by atoms with E-state index in [4.69, 9.17) is 0 Å². The molecule has 0 amide bonds. The molecule has 0 radical (unpaired) electrons. The molecule has 0 saturated carbocycles. The van der Waals surface area contributed by atoms with Gasteiger partial charge in [-0.15, -0.1) is 11.3 Å². The molecule has 0 atom stereocenters. The van der Waals surface area contributed by atoms with Crippen molar-refractivity contribution in [1.82, 2.24) is 15.0 Å². The van der Waals surface area contributed by atoms with Crippen LogP contribution in [-0.2, 0) is 19.3 Å². The molecule has 0 aliphatic rings. The molecular weight excluding hydrogens is 433 g/mol. The summed E-state index contributed by atoms with van der Waals surface area (Å²) >= 11 is 1.76. The van der Waals surface area contributed by atoms with Crippen molar-refractivity contribution in [2.75, 3.05) is 0 Å². The van der Waals surface area contributed by atoms with Crippen molar-refractivity contribution < 1.29 is 9.18 Å². The van der Waals surface area contributed by atoms with E-state index < -0.39 is 0 Å². The number of hydrogen-bond donors (Lipinski definition) is 1. The van der Waals surface area contributed by atoms with Crippen molar-refractivity contribution in [2.24, 2.45) is 0 Å². The maximum Gasteiger partial charge on any atom is 0.165 e. The van der Waals surface area contributed by atoms with Crippen LogP contribution in [0, 0.1) is 5.82 Å². The first kappa shape index (κ1) is 21.2. The quantitative estimate of drug-likeness (QED) is 0.274. The molecule has 5 aromatic rings. The highest BCUT2D eigenvalue weighted by molar-refractivity contribution is 7.15. The van der Waals surface area contributed by atoms with Gasteiger partial charge in [0.25, 0.3) is 0 Å². The summed E-state index contributed by atoms with van der Waals surface area (Å²) in [6.07, 6.45) is 8.01. The number of fused-ring (bicyclic) bond motifs is 1. The number of thiophene rings is 1. The van der Waals surface area contributed by atoms with Crippen LogP contribution in [0.1, 0.15) is 32.9 Å². The number of nitrogens with one attached hydrogen (secondary N) is 1. The number of ketones is 1. The zero-order valence-corrected chi connectivity index (χ0v) is 18.7. The number of H-pyrrole nitrogens is 1. The summed E-state index contributed by atoms with van der Waals surface area (Å²) in [6.45, 7) is 0. The van der Waals surface area contributed by atoms with E-state index in [1.54, 1.807) is 35.9 Å². The fourth-order valence-electron chi connectivity index (χ4n) is 3.99. The summed E-state index contributed by atoms with van der Waals surface area (Å²) in [5.74, 6) is -0.196. The molecule has 5 rings (SSSR count). The van der Waals surface area contributed by atoms with Crippen molar-refractivity contribution in [3.05, 3.63) is 107 Å². The molecule has 4 aromatic heterocycles. The van der Waals surface area contributed by atoms with E-state index in [1.165, 1.54) is 21.9 Å². The predicted molar refractivity (Wildman–Crippen MR) is 130 cm³/mol. The lowest BCUT2D eigenvalue weighted by molar-refractivity contribution is 0.0981. The van der Waals surface area contributed by atoms with Gasteiger partial charge in [0, 0.05) is 51.3 Å². The highest BCUT2D eigenvalue weighted by atomic mass is 32.1.